The molecular formula is C14H20N4O4. The van der Waals surface area contributed by atoms with Crippen LogP contribution in [0.4, 0.5) is 16.3 Å². The summed E-state index contributed by atoms with van der Waals surface area (Å²) in [6.07, 6.45) is 2.41. The van der Waals surface area contributed by atoms with E-state index in [0.29, 0.717) is 18.9 Å². The van der Waals surface area contributed by atoms with E-state index in [-0.39, 0.29) is 23.9 Å². The van der Waals surface area contributed by atoms with E-state index in [1.54, 1.807) is 11.0 Å². The quantitative estimate of drug-likeness (QED) is 0.677. The van der Waals surface area contributed by atoms with Crippen LogP contribution >= 0.6 is 0 Å². The number of carbonyl (C=O) groups excluding carboxylic acids is 1. The second kappa shape index (κ2) is 7.06. The molecule has 0 aliphatic carbocycles. The first kappa shape index (κ1) is 16.0. The van der Waals surface area contributed by atoms with Gasteiger partial charge in [-0.1, -0.05) is 0 Å². The molecule has 1 N–H and O–H groups in total. The largest absolute Gasteiger partial charge is 0.447 e. The van der Waals surface area contributed by atoms with Gasteiger partial charge in [0.1, 0.15) is 12.0 Å². The molecule has 1 aliphatic rings. The number of nitro groups is 1. The molecular weight excluding hydrogens is 288 g/mol. The first-order valence-electron chi connectivity index (χ1n) is 7.28. The molecule has 0 saturated carbocycles. The van der Waals surface area contributed by atoms with E-state index in [2.05, 4.69) is 10.3 Å². The predicted octanol–water partition coefficient (Wildman–Crippen LogP) is 2.41. The van der Waals surface area contributed by atoms with E-state index >= 15 is 0 Å². The van der Waals surface area contributed by atoms with Crippen molar-refractivity contribution in [1.82, 2.24) is 9.88 Å². The molecule has 2 rings (SSSR count). The van der Waals surface area contributed by atoms with E-state index in [1.165, 1.54) is 12.3 Å². The Morgan fingerprint density at radius 3 is 2.64 bits per heavy atom. The van der Waals surface area contributed by atoms with Gasteiger partial charge >= 0.3 is 6.09 Å². The average Bonchev–Trinajstić information content (AvgIpc) is 2.48. The van der Waals surface area contributed by atoms with Gasteiger partial charge in [0.2, 0.25) is 0 Å². The van der Waals surface area contributed by atoms with Crippen LogP contribution in [0.3, 0.4) is 0 Å². The molecule has 8 nitrogen and oxygen atoms in total. The number of nitrogens with zero attached hydrogens (tertiary/aromatic N) is 3. The number of carbonyl (C=O) groups is 1. The van der Waals surface area contributed by atoms with Crippen LogP contribution in [-0.4, -0.2) is 46.1 Å². The van der Waals surface area contributed by atoms with Gasteiger partial charge < -0.3 is 15.0 Å². The van der Waals surface area contributed by atoms with Crippen LogP contribution in [0.25, 0.3) is 0 Å². The summed E-state index contributed by atoms with van der Waals surface area (Å²) in [6.45, 7) is 4.89. The molecule has 0 atom stereocenters. The van der Waals surface area contributed by atoms with Crippen molar-refractivity contribution in [2.24, 2.45) is 0 Å². The zero-order chi connectivity index (χ0) is 16.1. The van der Waals surface area contributed by atoms with Crippen molar-refractivity contribution in [1.29, 1.82) is 0 Å². The van der Waals surface area contributed by atoms with Crippen molar-refractivity contribution < 1.29 is 14.5 Å². The minimum Gasteiger partial charge on any atom is -0.447 e. The molecule has 2 heterocycles. The lowest BCUT2D eigenvalue weighted by Crippen LogP contribution is -2.43. The summed E-state index contributed by atoms with van der Waals surface area (Å²) in [6, 6.07) is 3.21. The van der Waals surface area contributed by atoms with Gasteiger partial charge in [-0.25, -0.2) is 9.78 Å². The second-order valence-corrected chi connectivity index (χ2v) is 5.50. The van der Waals surface area contributed by atoms with E-state index in [9.17, 15) is 14.9 Å². The van der Waals surface area contributed by atoms with Crippen LogP contribution in [0, 0.1) is 10.1 Å². The standard InChI is InChI=1S/C14H20N4O4/c1-10(2)22-14(19)17-7-5-11(6-8-17)16-13-4-3-12(9-15-13)18(20)21/h3-4,9-11H,5-8H2,1-2H3,(H,15,16). The average molecular weight is 308 g/mol. The molecule has 0 spiro atoms. The van der Waals surface area contributed by atoms with Crippen LogP contribution in [0.5, 0.6) is 0 Å². The molecule has 0 aromatic carbocycles. The fourth-order valence-electron chi connectivity index (χ4n) is 2.27. The maximum atomic E-state index is 11.8. The van der Waals surface area contributed by atoms with Gasteiger partial charge in [0, 0.05) is 25.2 Å². The van der Waals surface area contributed by atoms with Gasteiger partial charge in [-0.15, -0.1) is 0 Å². The molecule has 1 aromatic heterocycles. The number of pyridine rings is 1. The van der Waals surface area contributed by atoms with E-state index in [4.69, 9.17) is 4.74 Å². The van der Waals surface area contributed by atoms with Gasteiger partial charge in [-0.05, 0) is 32.8 Å². The molecule has 120 valence electrons. The van der Waals surface area contributed by atoms with Crippen LogP contribution in [0.1, 0.15) is 26.7 Å². The SMILES string of the molecule is CC(C)OC(=O)N1CCC(Nc2ccc([N+](=O)[O-])cn2)CC1. The Morgan fingerprint density at radius 1 is 1.45 bits per heavy atom. The Labute approximate surface area is 128 Å². The number of hydrogen-bond donors (Lipinski definition) is 1. The number of nitrogens with one attached hydrogen (secondary N) is 1. The summed E-state index contributed by atoms with van der Waals surface area (Å²) in [5, 5.41) is 13.8. The minimum atomic E-state index is -0.477. The lowest BCUT2D eigenvalue weighted by Gasteiger charge is -2.32. The molecule has 0 bridgehead atoms. The van der Waals surface area contributed by atoms with Crippen LogP contribution in [0.15, 0.2) is 18.3 Å². The van der Waals surface area contributed by atoms with E-state index < -0.39 is 4.92 Å². The van der Waals surface area contributed by atoms with E-state index in [0.717, 1.165) is 12.8 Å². The normalized spacial score (nSPS) is 15.7. The number of rotatable bonds is 4. The Kier molecular flexibility index (Phi) is 5.13. The molecule has 1 amide bonds. The summed E-state index contributed by atoms with van der Waals surface area (Å²) in [4.78, 5) is 27.6. The summed E-state index contributed by atoms with van der Waals surface area (Å²) < 4.78 is 5.17. The van der Waals surface area contributed by atoms with Gasteiger partial charge in [0.15, 0.2) is 0 Å². The highest BCUT2D eigenvalue weighted by Crippen LogP contribution is 2.18. The third kappa shape index (κ3) is 4.31. The maximum absolute atomic E-state index is 11.8. The Bertz CT molecular complexity index is 524. The van der Waals surface area contributed by atoms with Crippen LogP contribution in [-0.2, 0) is 4.74 Å². The van der Waals surface area contributed by atoms with Crippen molar-refractivity contribution in [2.45, 2.75) is 38.8 Å². The fraction of sp³-hybridized carbons (Fsp3) is 0.571. The van der Waals surface area contributed by atoms with Crippen LogP contribution in [0.2, 0.25) is 0 Å². The molecule has 0 radical (unpaired) electrons. The highest BCUT2D eigenvalue weighted by molar-refractivity contribution is 5.67. The zero-order valence-corrected chi connectivity index (χ0v) is 12.7. The summed E-state index contributed by atoms with van der Waals surface area (Å²) in [5.74, 6) is 0.605. The smallest absolute Gasteiger partial charge is 0.410 e. The molecule has 22 heavy (non-hydrogen) atoms. The lowest BCUT2D eigenvalue weighted by atomic mass is 10.1. The Morgan fingerprint density at radius 2 is 2.14 bits per heavy atom. The molecule has 1 aromatic rings. The van der Waals surface area contributed by atoms with Gasteiger partial charge in [0.05, 0.1) is 11.0 Å². The number of likely N-dealkylation sites (tertiary alicyclic amines) is 1. The first-order chi connectivity index (χ1) is 10.5. The van der Waals surface area contributed by atoms with E-state index in [1.807, 2.05) is 13.8 Å². The highest BCUT2D eigenvalue weighted by Gasteiger charge is 2.24. The number of piperidine rings is 1. The topological polar surface area (TPSA) is 97.6 Å². The van der Waals surface area contributed by atoms with Crippen molar-refractivity contribution in [3.63, 3.8) is 0 Å². The predicted molar refractivity (Wildman–Crippen MR) is 80.7 cm³/mol. The summed E-state index contributed by atoms with van der Waals surface area (Å²) >= 11 is 0. The third-order valence-electron chi connectivity index (χ3n) is 3.40. The number of ether oxygens (including phenoxy) is 1. The summed E-state index contributed by atoms with van der Waals surface area (Å²) in [7, 11) is 0. The van der Waals surface area contributed by atoms with Gasteiger partial charge in [-0.3, -0.25) is 10.1 Å². The molecule has 1 saturated heterocycles. The third-order valence-corrected chi connectivity index (χ3v) is 3.40. The molecule has 1 fully saturated rings. The fourth-order valence-corrected chi connectivity index (χ4v) is 2.27. The number of anilines is 1. The number of amides is 1. The van der Waals surface area contributed by atoms with Crippen molar-refractivity contribution in [2.75, 3.05) is 18.4 Å². The van der Waals surface area contributed by atoms with Gasteiger partial charge in [0.25, 0.3) is 5.69 Å². The number of aromatic nitrogens is 1. The maximum Gasteiger partial charge on any atom is 0.410 e. The van der Waals surface area contributed by atoms with Crippen LogP contribution < -0.4 is 5.32 Å². The first-order valence-corrected chi connectivity index (χ1v) is 7.28. The Hall–Kier alpha value is -2.38. The van der Waals surface area contributed by atoms with Crippen molar-refractivity contribution in [3.8, 4) is 0 Å². The highest BCUT2D eigenvalue weighted by atomic mass is 16.6. The molecule has 0 unspecified atom stereocenters. The lowest BCUT2D eigenvalue weighted by molar-refractivity contribution is -0.385. The molecule has 1 aliphatic heterocycles. The Balaban J connectivity index is 1.82. The van der Waals surface area contributed by atoms with Crippen molar-refractivity contribution >= 4 is 17.6 Å². The van der Waals surface area contributed by atoms with Gasteiger partial charge in [-0.2, -0.15) is 0 Å². The number of hydrogen-bond acceptors (Lipinski definition) is 6. The van der Waals surface area contributed by atoms with Crippen molar-refractivity contribution in [3.05, 3.63) is 28.4 Å². The monoisotopic (exact) mass is 308 g/mol. The summed E-state index contributed by atoms with van der Waals surface area (Å²) in [5.41, 5.74) is -0.0307. The second-order valence-electron chi connectivity index (χ2n) is 5.50. The molecule has 8 heteroatoms. The minimum absolute atomic E-state index is 0.0307. The zero-order valence-electron chi connectivity index (χ0n) is 12.7.